The van der Waals surface area contributed by atoms with Crippen molar-refractivity contribution in [3.05, 3.63) is 29.3 Å². The first-order valence-electron chi connectivity index (χ1n) is 11.5. The second-order valence-corrected chi connectivity index (χ2v) is 10.8. The molecule has 178 valence electrons. The summed E-state index contributed by atoms with van der Waals surface area (Å²) < 4.78 is 17.3. The van der Waals surface area contributed by atoms with Crippen LogP contribution in [0, 0.1) is 11.8 Å². The van der Waals surface area contributed by atoms with Gasteiger partial charge in [-0.2, -0.15) is 0 Å². The van der Waals surface area contributed by atoms with Crippen molar-refractivity contribution < 1.29 is 28.9 Å². The van der Waals surface area contributed by atoms with Crippen molar-refractivity contribution in [2.45, 2.75) is 78.1 Å². The Balaban J connectivity index is 1.90. The number of para-hydroxylation sites is 1. The molecule has 1 aromatic rings. The van der Waals surface area contributed by atoms with Gasteiger partial charge in [-0.05, 0) is 65.9 Å². The first-order valence-corrected chi connectivity index (χ1v) is 11.5. The minimum Gasteiger partial charge on any atom is -0.493 e. The number of rotatable bonds is 4. The Hall–Kier alpha value is -2.28. The SMILES string of the molecule is CC(C)(C)OC(=O)C(C1CCOc2c(CO)cccc21)[C@H]1CCN(C(=O)OC(C)(C)C)C1. The first-order chi connectivity index (χ1) is 14.9. The van der Waals surface area contributed by atoms with Gasteiger partial charge in [0.05, 0.1) is 19.1 Å². The number of ether oxygens (including phenoxy) is 3. The number of amides is 1. The van der Waals surface area contributed by atoms with Crippen LogP contribution >= 0.6 is 0 Å². The van der Waals surface area contributed by atoms with E-state index >= 15 is 0 Å². The molecule has 3 rings (SSSR count). The highest BCUT2D eigenvalue weighted by Crippen LogP contribution is 2.45. The van der Waals surface area contributed by atoms with Crippen LogP contribution in [0.25, 0.3) is 0 Å². The highest BCUT2D eigenvalue weighted by molar-refractivity contribution is 5.76. The van der Waals surface area contributed by atoms with Crippen molar-refractivity contribution in [3.8, 4) is 5.75 Å². The standard InChI is InChI=1S/C25H37NO6/c1-24(2,3)31-22(28)20(16-10-12-26(14-16)23(29)32-25(4,5)6)18-11-13-30-21-17(15-27)8-7-9-19(18)21/h7-9,16,18,20,27H,10-15H2,1-6H3/t16-,18?,20?/m0/s1. The second kappa shape index (κ2) is 9.30. The number of esters is 1. The second-order valence-electron chi connectivity index (χ2n) is 10.8. The quantitative estimate of drug-likeness (QED) is 0.694. The minimum atomic E-state index is -0.611. The molecule has 1 saturated heterocycles. The van der Waals surface area contributed by atoms with E-state index in [1.54, 1.807) is 4.90 Å². The summed E-state index contributed by atoms with van der Waals surface area (Å²) in [6, 6.07) is 5.69. The molecule has 7 heteroatoms. The van der Waals surface area contributed by atoms with Crippen LogP contribution in [0.1, 0.15) is 71.4 Å². The molecule has 0 radical (unpaired) electrons. The van der Waals surface area contributed by atoms with Crippen LogP contribution in [0.2, 0.25) is 0 Å². The number of aliphatic hydroxyl groups is 1. The van der Waals surface area contributed by atoms with Crippen molar-refractivity contribution in [2.75, 3.05) is 19.7 Å². The third-order valence-corrected chi connectivity index (χ3v) is 5.87. The zero-order chi connectivity index (χ0) is 23.7. The Kier molecular flexibility index (Phi) is 7.08. The van der Waals surface area contributed by atoms with Gasteiger partial charge in [-0.25, -0.2) is 4.79 Å². The number of aliphatic hydroxyl groups excluding tert-OH is 1. The van der Waals surface area contributed by atoms with Gasteiger partial charge < -0.3 is 24.2 Å². The summed E-state index contributed by atoms with van der Waals surface area (Å²) in [7, 11) is 0. The molecule has 0 saturated carbocycles. The van der Waals surface area contributed by atoms with Crippen LogP contribution in [0.15, 0.2) is 18.2 Å². The number of benzene rings is 1. The van der Waals surface area contributed by atoms with Crippen LogP contribution < -0.4 is 4.74 Å². The number of carbonyl (C=O) groups is 2. The number of hydrogen-bond donors (Lipinski definition) is 1. The van der Waals surface area contributed by atoms with Crippen molar-refractivity contribution >= 4 is 12.1 Å². The van der Waals surface area contributed by atoms with E-state index in [1.807, 2.05) is 59.7 Å². The Morgan fingerprint density at radius 3 is 2.44 bits per heavy atom. The fourth-order valence-corrected chi connectivity index (χ4v) is 4.64. The molecular weight excluding hydrogens is 410 g/mol. The Morgan fingerprint density at radius 1 is 1.12 bits per heavy atom. The predicted octanol–water partition coefficient (Wildman–Crippen LogP) is 4.26. The largest absolute Gasteiger partial charge is 0.493 e. The molecule has 1 aromatic carbocycles. The van der Waals surface area contributed by atoms with Gasteiger partial charge in [0, 0.05) is 24.6 Å². The maximum absolute atomic E-state index is 13.5. The van der Waals surface area contributed by atoms with Crippen LogP contribution in [0.3, 0.4) is 0 Å². The molecule has 2 unspecified atom stereocenters. The molecule has 0 bridgehead atoms. The van der Waals surface area contributed by atoms with Crippen molar-refractivity contribution in [1.29, 1.82) is 0 Å². The van der Waals surface area contributed by atoms with Crippen LogP contribution in [-0.4, -0.2) is 53.0 Å². The van der Waals surface area contributed by atoms with Crippen LogP contribution in [0.5, 0.6) is 5.75 Å². The van der Waals surface area contributed by atoms with Gasteiger partial charge in [-0.1, -0.05) is 18.2 Å². The minimum absolute atomic E-state index is 0.0499. The summed E-state index contributed by atoms with van der Waals surface area (Å²) >= 11 is 0. The topological polar surface area (TPSA) is 85.3 Å². The van der Waals surface area contributed by atoms with E-state index in [4.69, 9.17) is 14.2 Å². The average molecular weight is 448 g/mol. The lowest BCUT2D eigenvalue weighted by Gasteiger charge is -2.36. The van der Waals surface area contributed by atoms with Gasteiger partial charge in [0.15, 0.2) is 0 Å². The summed E-state index contributed by atoms with van der Waals surface area (Å²) in [4.78, 5) is 27.8. The molecule has 32 heavy (non-hydrogen) atoms. The molecule has 0 aliphatic carbocycles. The number of hydrogen-bond acceptors (Lipinski definition) is 6. The van der Waals surface area contributed by atoms with E-state index in [9.17, 15) is 14.7 Å². The van der Waals surface area contributed by atoms with E-state index in [2.05, 4.69) is 0 Å². The summed E-state index contributed by atoms with van der Waals surface area (Å²) in [6.45, 7) is 12.5. The number of carbonyl (C=O) groups excluding carboxylic acids is 2. The van der Waals surface area contributed by atoms with E-state index < -0.39 is 17.1 Å². The lowest BCUT2D eigenvalue weighted by atomic mass is 9.74. The summed E-state index contributed by atoms with van der Waals surface area (Å²) in [5, 5.41) is 9.75. The molecule has 1 fully saturated rings. The first kappa shape index (κ1) is 24.4. The predicted molar refractivity (Wildman–Crippen MR) is 120 cm³/mol. The van der Waals surface area contributed by atoms with Crippen LogP contribution in [-0.2, 0) is 20.9 Å². The molecular formula is C25H37NO6. The molecule has 3 atom stereocenters. The normalized spacial score (nSPS) is 22.0. The van der Waals surface area contributed by atoms with Crippen molar-refractivity contribution in [1.82, 2.24) is 4.90 Å². The molecule has 7 nitrogen and oxygen atoms in total. The summed E-state index contributed by atoms with van der Waals surface area (Å²) in [6.07, 6.45) is 1.03. The van der Waals surface area contributed by atoms with Gasteiger partial charge in [-0.15, -0.1) is 0 Å². The fraction of sp³-hybridized carbons (Fsp3) is 0.680. The number of fused-ring (bicyclic) bond motifs is 1. The maximum Gasteiger partial charge on any atom is 0.410 e. The Labute approximate surface area is 191 Å². The van der Waals surface area contributed by atoms with Gasteiger partial charge in [0.1, 0.15) is 17.0 Å². The smallest absolute Gasteiger partial charge is 0.410 e. The number of likely N-dealkylation sites (tertiary alicyclic amines) is 1. The van der Waals surface area contributed by atoms with Gasteiger partial charge >= 0.3 is 12.1 Å². The molecule has 2 aliphatic rings. The Morgan fingerprint density at radius 2 is 1.81 bits per heavy atom. The van der Waals surface area contributed by atoms with Crippen molar-refractivity contribution in [2.24, 2.45) is 11.8 Å². The van der Waals surface area contributed by atoms with E-state index in [0.29, 0.717) is 38.3 Å². The maximum atomic E-state index is 13.5. The van der Waals surface area contributed by atoms with E-state index in [-0.39, 0.29) is 30.5 Å². The lowest BCUT2D eigenvalue weighted by Crippen LogP contribution is -2.40. The summed E-state index contributed by atoms with van der Waals surface area (Å²) in [5.41, 5.74) is 0.464. The van der Waals surface area contributed by atoms with Gasteiger partial charge in [0.25, 0.3) is 0 Å². The third kappa shape index (κ3) is 5.74. The molecule has 1 N–H and O–H groups in total. The average Bonchev–Trinajstić information content (AvgIpc) is 3.15. The zero-order valence-corrected chi connectivity index (χ0v) is 20.1. The zero-order valence-electron chi connectivity index (χ0n) is 20.1. The van der Waals surface area contributed by atoms with Gasteiger partial charge in [-0.3, -0.25) is 4.79 Å². The van der Waals surface area contributed by atoms with E-state index in [0.717, 1.165) is 11.1 Å². The van der Waals surface area contributed by atoms with E-state index in [1.165, 1.54) is 0 Å². The highest BCUT2D eigenvalue weighted by Gasteiger charge is 2.45. The third-order valence-electron chi connectivity index (χ3n) is 5.87. The monoisotopic (exact) mass is 447 g/mol. The van der Waals surface area contributed by atoms with Crippen molar-refractivity contribution in [3.63, 3.8) is 0 Å². The lowest BCUT2D eigenvalue weighted by molar-refractivity contribution is -0.163. The number of nitrogens with zero attached hydrogens (tertiary/aromatic N) is 1. The molecule has 2 aliphatic heterocycles. The van der Waals surface area contributed by atoms with Crippen LogP contribution in [0.4, 0.5) is 4.79 Å². The highest BCUT2D eigenvalue weighted by atomic mass is 16.6. The molecule has 0 aromatic heterocycles. The summed E-state index contributed by atoms with van der Waals surface area (Å²) in [5.74, 6) is -0.157. The molecule has 2 heterocycles. The molecule has 1 amide bonds. The molecule has 0 spiro atoms. The fourth-order valence-electron chi connectivity index (χ4n) is 4.64. The Bertz CT molecular complexity index is 838. The van der Waals surface area contributed by atoms with Gasteiger partial charge in [0.2, 0.25) is 0 Å².